The first-order valence-corrected chi connectivity index (χ1v) is 6.36. The number of ether oxygens (including phenoxy) is 1. The summed E-state index contributed by atoms with van der Waals surface area (Å²) in [7, 11) is 0. The third-order valence-corrected chi connectivity index (χ3v) is 2.63. The van der Waals surface area contributed by atoms with Gasteiger partial charge >= 0.3 is 6.18 Å². The Balaban J connectivity index is 4.08. The number of likely N-dealkylation sites (N-methyl/N-ethyl adjacent to an activating group) is 1. The Kier molecular flexibility index (Phi) is 8.60. The van der Waals surface area contributed by atoms with E-state index in [2.05, 4.69) is 12.2 Å². The molecule has 0 aliphatic heterocycles. The summed E-state index contributed by atoms with van der Waals surface area (Å²) >= 11 is 0. The molecule has 0 heterocycles. The maximum Gasteiger partial charge on any atom is 0.391 e. The molecule has 2 nitrogen and oxygen atoms in total. The summed E-state index contributed by atoms with van der Waals surface area (Å²) in [5, 5.41) is 3.28. The fourth-order valence-corrected chi connectivity index (χ4v) is 1.84. The molecule has 0 aliphatic rings. The number of halogens is 3. The molecule has 0 saturated heterocycles. The zero-order valence-electron chi connectivity index (χ0n) is 10.9. The van der Waals surface area contributed by atoms with E-state index in [1.807, 2.05) is 13.8 Å². The summed E-state index contributed by atoms with van der Waals surface area (Å²) in [6.07, 6.45) is -2.46. The standard InChI is InChI=1S/C12H24F3NO/c1-4-7-10(16-6-3)11(5-2)17-9-8-12(13,14)15/h10-11,16H,4-9H2,1-3H3. The van der Waals surface area contributed by atoms with E-state index in [0.29, 0.717) is 0 Å². The van der Waals surface area contributed by atoms with Gasteiger partial charge in [-0.1, -0.05) is 27.2 Å². The largest absolute Gasteiger partial charge is 0.391 e. The van der Waals surface area contributed by atoms with Crippen LogP contribution in [0.15, 0.2) is 0 Å². The van der Waals surface area contributed by atoms with Crippen LogP contribution in [0.3, 0.4) is 0 Å². The Morgan fingerprint density at radius 2 is 1.82 bits per heavy atom. The molecule has 0 aliphatic carbocycles. The van der Waals surface area contributed by atoms with Crippen molar-refractivity contribution in [2.24, 2.45) is 0 Å². The zero-order valence-corrected chi connectivity index (χ0v) is 10.9. The number of nitrogens with one attached hydrogen (secondary N) is 1. The van der Waals surface area contributed by atoms with Gasteiger partial charge in [0.05, 0.1) is 19.1 Å². The van der Waals surface area contributed by atoms with Gasteiger partial charge in [0.25, 0.3) is 0 Å². The second kappa shape index (κ2) is 8.75. The maximum absolute atomic E-state index is 12.0. The van der Waals surface area contributed by atoms with Gasteiger partial charge in [0.15, 0.2) is 0 Å². The van der Waals surface area contributed by atoms with Gasteiger partial charge in [-0.15, -0.1) is 0 Å². The van der Waals surface area contributed by atoms with Gasteiger partial charge in [0.2, 0.25) is 0 Å². The van der Waals surface area contributed by atoms with Crippen LogP contribution in [0, 0.1) is 0 Å². The van der Waals surface area contributed by atoms with Crippen molar-refractivity contribution in [3.05, 3.63) is 0 Å². The smallest absolute Gasteiger partial charge is 0.376 e. The molecule has 0 aromatic heterocycles. The van der Waals surface area contributed by atoms with Crippen LogP contribution in [0.1, 0.15) is 46.5 Å². The summed E-state index contributed by atoms with van der Waals surface area (Å²) in [5.41, 5.74) is 0. The third-order valence-electron chi connectivity index (χ3n) is 2.63. The molecule has 0 fully saturated rings. The van der Waals surface area contributed by atoms with Crippen LogP contribution < -0.4 is 5.32 Å². The average Bonchev–Trinajstić information content (AvgIpc) is 2.23. The molecule has 1 N–H and O–H groups in total. The van der Waals surface area contributed by atoms with Crippen molar-refractivity contribution in [3.8, 4) is 0 Å². The van der Waals surface area contributed by atoms with Crippen molar-refractivity contribution in [1.82, 2.24) is 5.32 Å². The van der Waals surface area contributed by atoms with E-state index in [0.717, 1.165) is 25.8 Å². The summed E-state index contributed by atoms with van der Waals surface area (Å²) in [5.74, 6) is 0. The van der Waals surface area contributed by atoms with Gasteiger partial charge in [0, 0.05) is 6.04 Å². The van der Waals surface area contributed by atoms with E-state index >= 15 is 0 Å². The second-order valence-electron chi connectivity index (χ2n) is 4.14. The molecule has 0 saturated carbocycles. The molecular weight excluding hydrogens is 231 g/mol. The molecule has 2 atom stereocenters. The molecule has 17 heavy (non-hydrogen) atoms. The van der Waals surface area contributed by atoms with Crippen LogP contribution >= 0.6 is 0 Å². The summed E-state index contributed by atoms with van der Waals surface area (Å²) < 4.78 is 41.4. The molecule has 104 valence electrons. The normalized spacial score (nSPS) is 15.9. The van der Waals surface area contributed by atoms with Gasteiger partial charge in [-0.05, 0) is 19.4 Å². The third kappa shape index (κ3) is 8.44. The molecule has 0 rings (SSSR count). The minimum Gasteiger partial charge on any atom is -0.376 e. The predicted molar refractivity (Wildman–Crippen MR) is 63.1 cm³/mol. The first-order valence-electron chi connectivity index (χ1n) is 6.36. The molecule has 0 radical (unpaired) electrons. The minimum atomic E-state index is -4.13. The molecule has 0 bridgehead atoms. The van der Waals surface area contributed by atoms with E-state index < -0.39 is 12.6 Å². The monoisotopic (exact) mass is 255 g/mol. The summed E-state index contributed by atoms with van der Waals surface area (Å²) in [6.45, 7) is 6.56. The van der Waals surface area contributed by atoms with E-state index in [-0.39, 0.29) is 18.8 Å². The number of hydrogen-bond acceptors (Lipinski definition) is 2. The molecule has 0 aromatic carbocycles. The lowest BCUT2D eigenvalue weighted by Gasteiger charge is -2.27. The van der Waals surface area contributed by atoms with Crippen molar-refractivity contribution >= 4 is 0 Å². The van der Waals surface area contributed by atoms with Crippen molar-refractivity contribution in [1.29, 1.82) is 0 Å². The minimum absolute atomic E-state index is 0.128. The van der Waals surface area contributed by atoms with Crippen molar-refractivity contribution in [2.75, 3.05) is 13.2 Å². The zero-order chi connectivity index (χ0) is 13.3. The van der Waals surface area contributed by atoms with E-state index in [4.69, 9.17) is 4.74 Å². The summed E-state index contributed by atoms with van der Waals surface area (Å²) in [4.78, 5) is 0. The quantitative estimate of drug-likeness (QED) is 0.680. The lowest BCUT2D eigenvalue weighted by atomic mass is 10.0. The fraction of sp³-hybridized carbons (Fsp3) is 1.00. The molecule has 2 unspecified atom stereocenters. The Hall–Kier alpha value is -0.290. The van der Waals surface area contributed by atoms with Gasteiger partial charge in [-0.2, -0.15) is 13.2 Å². The highest BCUT2D eigenvalue weighted by molar-refractivity contribution is 4.75. The molecule has 0 spiro atoms. The first-order chi connectivity index (χ1) is 7.94. The van der Waals surface area contributed by atoms with Crippen molar-refractivity contribution < 1.29 is 17.9 Å². The Morgan fingerprint density at radius 3 is 2.24 bits per heavy atom. The van der Waals surface area contributed by atoms with Gasteiger partial charge < -0.3 is 10.1 Å². The van der Waals surface area contributed by atoms with E-state index in [9.17, 15) is 13.2 Å². The number of hydrogen-bond donors (Lipinski definition) is 1. The van der Waals surface area contributed by atoms with E-state index in [1.54, 1.807) is 0 Å². The van der Waals surface area contributed by atoms with Gasteiger partial charge in [-0.25, -0.2) is 0 Å². The second-order valence-corrected chi connectivity index (χ2v) is 4.14. The Morgan fingerprint density at radius 1 is 1.18 bits per heavy atom. The fourth-order valence-electron chi connectivity index (χ4n) is 1.84. The maximum atomic E-state index is 12.0. The number of rotatable bonds is 9. The topological polar surface area (TPSA) is 21.3 Å². The summed E-state index contributed by atoms with van der Waals surface area (Å²) in [6, 6.07) is 0.156. The van der Waals surface area contributed by atoms with Crippen LogP contribution in [-0.4, -0.2) is 31.5 Å². The highest BCUT2D eigenvalue weighted by atomic mass is 19.4. The SMILES string of the molecule is CCCC(NCC)C(CC)OCCC(F)(F)F. The highest BCUT2D eigenvalue weighted by Gasteiger charge is 2.28. The van der Waals surface area contributed by atoms with Crippen molar-refractivity contribution in [2.45, 2.75) is 64.8 Å². The molecular formula is C12H24F3NO. The highest BCUT2D eigenvalue weighted by Crippen LogP contribution is 2.20. The van der Waals surface area contributed by atoms with Crippen molar-refractivity contribution in [3.63, 3.8) is 0 Å². The van der Waals surface area contributed by atoms with Crippen LogP contribution in [0.4, 0.5) is 13.2 Å². The van der Waals surface area contributed by atoms with Crippen LogP contribution in [0.2, 0.25) is 0 Å². The van der Waals surface area contributed by atoms with Crippen LogP contribution in [-0.2, 0) is 4.74 Å². The van der Waals surface area contributed by atoms with Crippen LogP contribution in [0.25, 0.3) is 0 Å². The average molecular weight is 255 g/mol. The molecule has 5 heteroatoms. The lowest BCUT2D eigenvalue weighted by Crippen LogP contribution is -2.41. The molecule has 0 aromatic rings. The Bertz CT molecular complexity index is 179. The lowest BCUT2D eigenvalue weighted by molar-refractivity contribution is -0.150. The predicted octanol–water partition coefficient (Wildman–Crippen LogP) is 3.51. The Labute approximate surface area is 102 Å². The van der Waals surface area contributed by atoms with E-state index in [1.165, 1.54) is 0 Å². The first kappa shape index (κ1) is 16.7. The molecule has 0 amide bonds. The van der Waals surface area contributed by atoms with Crippen LogP contribution in [0.5, 0.6) is 0 Å². The number of alkyl halides is 3. The van der Waals surface area contributed by atoms with Gasteiger partial charge in [0.1, 0.15) is 0 Å². The van der Waals surface area contributed by atoms with Gasteiger partial charge in [-0.3, -0.25) is 0 Å².